The zero-order valence-corrected chi connectivity index (χ0v) is 15.4. The van der Waals surface area contributed by atoms with Crippen LogP contribution in [0.15, 0.2) is 66.7 Å². The van der Waals surface area contributed by atoms with Gasteiger partial charge in [0.15, 0.2) is 0 Å². The Hall–Kier alpha value is -1.90. The molecule has 0 bridgehead atoms. The van der Waals surface area contributed by atoms with Crippen molar-refractivity contribution in [2.75, 3.05) is 0 Å². The van der Waals surface area contributed by atoms with Crippen molar-refractivity contribution in [3.63, 3.8) is 0 Å². The fraction of sp³-hybridized carbons (Fsp3) is 0. The van der Waals surface area contributed by atoms with Crippen molar-refractivity contribution >= 4 is 41.7 Å². The van der Waals surface area contributed by atoms with Crippen molar-refractivity contribution in [2.45, 2.75) is 0 Å². The first-order chi connectivity index (χ1) is 12.0. The minimum absolute atomic E-state index is 0.0918. The second-order valence-corrected chi connectivity index (χ2v) is 9.01. The topological polar surface area (TPSA) is 46.5 Å². The summed E-state index contributed by atoms with van der Waals surface area (Å²) < 4.78 is 5.90. The van der Waals surface area contributed by atoms with Crippen molar-refractivity contribution in [2.24, 2.45) is 0 Å². The van der Waals surface area contributed by atoms with E-state index in [1.54, 1.807) is 42.5 Å². The fourth-order valence-electron chi connectivity index (χ4n) is 3.06. The molecule has 0 atom stereocenters. The van der Waals surface area contributed by atoms with Crippen LogP contribution in [0.25, 0.3) is 11.1 Å². The van der Waals surface area contributed by atoms with Crippen LogP contribution in [0.1, 0.15) is 10.4 Å². The van der Waals surface area contributed by atoms with E-state index < -0.39 is 13.2 Å². The predicted molar refractivity (Wildman–Crippen MR) is 103 cm³/mol. The van der Waals surface area contributed by atoms with Gasteiger partial charge in [-0.3, -0.25) is 0 Å². The summed E-state index contributed by atoms with van der Waals surface area (Å²) in [6.07, 6.45) is 0. The van der Waals surface area contributed by atoms with Crippen molar-refractivity contribution in [1.29, 1.82) is 0 Å². The molecular weight excluding hydrogens is 378 g/mol. The summed E-state index contributed by atoms with van der Waals surface area (Å²) in [5.74, 6) is 0.479. The Kier molecular flexibility index (Phi) is 4.05. The van der Waals surface area contributed by atoms with Crippen molar-refractivity contribution < 1.29 is 14.2 Å². The van der Waals surface area contributed by atoms with Crippen molar-refractivity contribution in [3.05, 3.63) is 82.3 Å². The number of halogens is 2. The molecule has 4 rings (SSSR count). The number of rotatable bonds is 2. The van der Waals surface area contributed by atoms with Gasteiger partial charge in [-0.05, 0) is 0 Å². The summed E-state index contributed by atoms with van der Waals surface area (Å²) in [5.41, 5.74) is 1.16. The van der Waals surface area contributed by atoms with Crippen LogP contribution in [-0.4, -0.2) is 10.4 Å². The maximum atomic E-state index is 13.3. The molecule has 6 heteroatoms. The van der Waals surface area contributed by atoms with E-state index in [4.69, 9.17) is 27.7 Å². The average Bonchev–Trinajstić information content (AvgIpc) is 2.62. The number of fused-ring (bicyclic) bond motifs is 3. The summed E-state index contributed by atoms with van der Waals surface area (Å²) in [4.78, 5) is 24.6. The van der Waals surface area contributed by atoms with Crippen molar-refractivity contribution in [3.8, 4) is 16.9 Å². The molecule has 3 aromatic rings. The second-order valence-electron chi connectivity index (χ2n) is 5.71. The molecule has 0 radical (unpaired) electrons. The molecule has 1 aliphatic rings. The van der Waals surface area contributed by atoms with Crippen LogP contribution in [0.4, 0.5) is 0 Å². The molecular formula is C19H13Cl2O3P. The van der Waals surface area contributed by atoms with E-state index >= 15 is 0 Å². The minimum atomic E-state index is -4.02. The van der Waals surface area contributed by atoms with E-state index in [1.165, 1.54) is 0 Å². The van der Waals surface area contributed by atoms with Gasteiger partial charge in [-0.1, -0.05) is 0 Å². The number of hydrogen-bond acceptors (Lipinski definition) is 3. The Morgan fingerprint density at radius 3 is 2.16 bits per heavy atom. The van der Waals surface area contributed by atoms with E-state index in [0.29, 0.717) is 11.1 Å². The average molecular weight is 391 g/mol. The van der Waals surface area contributed by atoms with Gasteiger partial charge in [0.2, 0.25) is 0 Å². The third-order valence-electron chi connectivity index (χ3n) is 4.22. The zero-order chi connectivity index (χ0) is 17.6. The van der Waals surface area contributed by atoms with Crippen molar-refractivity contribution in [1.82, 2.24) is 0 Å². The summed E-state index contributed by atoms with van der Waals surface area (Å²) in [6.45, 7) is 0. The van der Waals surface area contributed by atoms with Gasteiger partial charge >= 0.3 is 155 Å². The van der Waals surface area contributed by atoms with Crippen LogP contribution in [-0.2, 0) is 0 Å². The molecule has 0 saturated heterocycles. The predicted octanol–water partition coefficient (Wildman–Crippen LogP) is 5.09. The SMILES string of the molecule is O=C(c1c(Cl)cccc1Cl)[PH]1(O)Oc2ccccc2-c2ccccc21. The molecule has 126 valence electrons. The summed E-state index contributed by atoms with van der Waals surface area (Å²) in [6, 6.07) is 19.3. The van der Waals surface area contributed by atoms with Crippen LogP contribution in [0.3, 0.4) is 0 Å². The van der Waals surface area contributed by atoms with E-state index in [9.17, 15) is 9.69 Å². The quantitative estimate of drug-likeness (QED) is 0.619. The molecule has 0 aliphatic carbocycles. The molecule has 3 nitrogen and oxygen atoms in total. The Labute approximate surface area is 155 Å². The molecule has 1 heterocycles. The Morgan fingerprint density at radius 2 is 1.44 bits per heavy atom. The fourth-order valence-corrected chi connectivity index (χ4v) is 6.24. The summed E-state index contributed by atoms with van der Waals surface area (Å²) in [5, 5.41) is 0.881. The van der Waals surface area contributed by atoms with E-state index in [0.717, 1.165) is 11.1 Å². The normalized spacial score (nSPS) is 15.5. The molecule has 1 N–H and O–H groups in total. The maximum absolute atomic E-state index is 13.3. The summed E-state index contributed by atoms with van der Waals surface area (Å²) >= 11 is 12.4. The molecule has 25 heavy (non-hydrogen) atoms. The number of carbonyl (C=O) groups is 1. The van der Waals surface area contributed by atoms with E-state index in [2.05, 4.69) is 0 Å². The van der Waals surface area contributed by atoms with Gasteiger partial charge in [-0.25, -0.2) is 0 Å². The molecule has 1 aliphatic heterocycles. The third-order valence-corrected chi connectivity index (χ3v) is 7.40. The first-order valence-corrected chi connectivity index (χ1v) is 10.2. The molecule has 0 saturated carbocycles. The molecule has 3 aromatic carbocycles. The number of carbonyl (C=O) groups excluding carboxylic acids is 1. The second kappa shape index (κ2) is 6.12. The molecule has 0 aromatic heterocycles. The Morgan fingerprint density at radius 1 is 0.840 bits per heavy atom. The zero-order valence-electron chi connectivity index (χ0n) is 12.9. The van der Waals surface area contributed by atoms with Gasteiger partial charge in [-0.15, -0.1) is 0 Å². The number of hydrogen-bond donors (Lipinski definition) is 1. The summed E-state index contributed by atoms with van der Waals surface area (Å²) in [7, 11) is -4.02. The van der Waals surface area contributed by atoms with Crippen LogP contribution in [0, 0.1) is 0 Å². The van der Waals surface area contributed by atoms with Crippen LogP contribution >= 0.6 is 30.9 Å². The van der Waals surface area contributed by atoms with Gasteiger partial charge < -0.3 is 0 Å². The third kappa shape index (κ3) is 2.56. The van der Waals surface area contributed by atoms with Crippen LogP contribution in [0.5, 0.6) is 5.75 Å². The van der Waals surface area contributed by atoms with Gasteiger partial charge in [0.25, 0.3) is 0 Å². The first-order valence-electron chi connectivity index (χ1n) is 7.61. The van der Waals surface area contributed by atoms with Gasteiger partial charge in [0, 0.05) is 0 Å². The van der Waals surface area contributed by atoms with Gasteiger partial charge in [0.05, 0.1) is 0 Å². The van der Waals surface area contributed by atoms with Gasteiger partial charge in [0.1, 0.15) is 0 Å². The molecule has 0 spiro atoms. The van der Waals surface area contributed by atoms with Crippen LogP contribution < -0.4 is 9.83 Å². The van der Waals surface area contributed by atoms with Gasteiger partial charge in [-0.2, -0.15) is 0 Å². The van der Waals surface area contributed by atoms with E-state index in [-0.39, 0.29) is 15.6 Å². The Balaban J connectivity index is 1.95. The Bertz CT molecular complexity index is 985. The molecule has 0 fully saturated rings. The standard InChI is InChI=1S/C19H13Cl2O3P/c20-14-8-5-9-15(21)18(14)19(22)25(23)17-11-4-2-7-13(17)12-6-1-3-10-16(12)24-25/h1-11,23,25H. The number of para-hydroxylation sites is 1. The monoisotopic (exact) mass is 390 g/mol. The van der Waals surface area contributed by atoms with Crippen LogP contribution in [0.2, 0.25) is 10.0 Å². The molecule has 0 unspecified atom stereocenters. The first kappa shape index (κ1) is 16.6. The molecule has 0 amide bonds. The number of benzene rings is 3. The van der Waals surface area contributed by atoms with E-state index in [1.807, 2.05) is 24.3 Å².